The number of nitro benzene ring substituents is 1. The van der Waals surface area contributed by atoms with Crippen molar-refractivity contribution in [3.8, 4) is 0 Å². The van der Waals surface area contributed by atoms with E-state index in [0.717, 1.165) is 18.2 Å². The Hall–Kier alpha value is -2.25. The molecule has 0 fully saturated rings. The largest absolute Gasteiger partial charge is 0.451 e. The molecule has 2 atom stereocenters. The molecule has 1 aromatic carbocycles. The van der Waals surface area contributed by atoms with Crippen molar-refractivity contribution < 1.29 is 18.4 Å². The number of nitrogens with two attached hydrogens (primary N) is 1. The summed E-state index contributed by atoms with van der Waals surface area (Å²) in [5, 5.41) is 10.7. The van der Waals surface area contributed by atoms with Crippen molar-refractivity contribution in [3.05, 3.63) is 39.7 Å². The topological polar surface area (TPSA) is 90.8 Å². The molecule has 2 rings (SSSR count). The van der Waals surface area contributed by atoms with Crippen LogP contribution in [0.3, 0.4) is 0 Å². The van der Waals surface area contributed by atoms with Gasteiger partial charge in [0.1, 0.15) is 5.82 Å². The highest BCUT2D eigenvalue weighted by atomic mass is 19.1. The van der Waals surface area contributed by atoms with E-state index in [9.17, 15) is 18.9 Å². The number of non-ortho nitro benzene ring substituents is 1. The third kappa shape index (κ3) is 2.20. The molecule has 0 aromatic heterocycles. The molecule has 1 aliphatic rings. The fourth-order valence-corrected chi connectivity index (χ4v) is 1.89. The molecule has 0 amide bonds. The molecule has 0 saturated carbocycles. The average molecular weight is 271 g/mol. The summed E-state index contributed by atoms with van der Waals surface area (Å²) in [6, 6.07) is 2.56. The molecule has 102 valence electrons. The quantitative estimate of drug-likeness (QED) is 0.653. The van der Waals surface area contributed by atoms with Crippen LogP contribution in [0.5, 0.6) is 0 Å². The van der Waals surface area contributed by atoms with E-state index >= 15 is 0 Å². The van der Waals surface area contributed by atoms with Crippen molar-refractivity contribution in [1.29, 1.82) is 0 Å². The van der Waals surface area contributed by atoms with Crippen molar-refractivity contribution in [3.63, 3.8) is 0 Å². The molecule has 0 saturated heterocycles. The molecule has 1 heterocycles. The van der Waals surface area contributed by atoms with Crippen LogP contribution >= 0.6 is 0 Å². The van der Waals surface area contributed by atoms with E-state index in [4.69, 9.17) is 10.5 Å². The van der Waals surface area contributed by atoms with E-state index in [0.29, 0.717) is 0 Å². The van der Waals surface area contributed by atoms with E-state index in [1.807, 2.05) is 0 Å². The molecule has 8 heteroatoms. The third-order valence-electron chi connectivity index (χ3n) is 3.02. The number of alkyl halides is 1. The van der Waals surface area contributed by atoms with Crippen LogP contribution in [-0.2, 0) is 10.3 Å². The minimum Gasteiger partial charge on any atom is -0.451 e. The summed E-state index contributed by atoms with van der Waals surface area (Å²) in [5.74, 6) is -0.801. The first-order valence-electron chi connectivity index (χ1n) is 5.42. The predicted octanol–water partition coefficient (Wildman–Crippen LogP) is 1.63. The van der Waals surface area contributed by atoms with Gasteiger partial charge in [0.25, 0.3) is 11.7 Å². The molecule has 0 aliphatic carbocycles. The Balaban J connectivity index is 2.53. The summed E-state index contributed by atoms with van der Waals surface area (Å²) >= 11 is 0. The summed E-state index contributed by atoms with van der Waals surface area (Å²) in [6.45, 7) is 0.992. The van der Waals surface area contributed by atoms with E-state index in [1.165, 1.54) is 6.92 Å². The molecule has 1 aromatic rings. The number of ether oxygens (including phenoxy) is 1. The zero-order chi connectivity index (χ0) is 14.2. The Kier molecular flexibility index (Phi) is 3.09. The molecule has 19 heavy (non-hydrogen) atoms. The van der Waals surface area contributed by atoms with Gasteiger partial charge in [0, 0.05) is 17.7 Å². The lowest BCUT2D eigenvalue weighted by atomic mass is 9.89. The third-order valence-corrected chi connectivity index (χ3v) is 3.02. The molecular formula is C11H11F2N3O3. The maximum absolute atomic E-state index is 14.0. The van der Waals surface area contributed by atoms with Gasteiger partial charge in [0.05, 0.1) is 11.5 Å². The number of rotatable bonds is 2. The summed E-state index contributed by atoms with van der Waals surface area (Å²) in [6.07, 6.45) is -1.66. The number of nitro groups is 1. The first kappa shape index (κ1) is 13.2. The Labute approximate surface area is 107 Å². The van der Waals surface area contributed by atoms with Crippen LogP contribution < -0.4 is 5.73 Å². The standard InChI is InChI=1S/C11H11F2N3O3/c1-11(9(13)5-15-10(14)19-11)7-4-6(16(17)18)2-3-8(7)12/h2-4,9H,5H2,1H3,(H2,14,15)/t9-,11-/m1/s1. The molecule has 6 nitrogen and oxygen atoms in total. The fraction of sp³-hybridized carbons (Fsp3) is 0.364. The lowest BCUT2D eigenvalue weighted by Crippen LogP contribution is -2.46. The van der Waals surface area contributed by atoms with Crippen molar-refractivity contribution >= 4 is 11.7 Å². The van der Waals surface area contributed by atoms with Crippen LogP contribution in [0.4, 0.5) is 14.5 Å². The van der Waals surface area contributed by atoms with Crippen molar-refractivity contribution in [2.45, 2.75) is 18.7 Å². The van der Waals surface area contributed by atoms with Crippen LogP contribution in [0.25, 0.3) is 0 Å². The first-order valence-corrected chi connectivity index (χ1v) is 5.42. The Morgan fingerprint density at radius 3 is 2.95 bits per heavy atom. The van der Waals surface area contributed by atoms with Gasteiger partial charge in [0.2, 0.25) is 0 Å². The number of hydrogen-bond acceptors (Lipinski definition) is 5. The Bertz CT molecular complexity index is 564. The summed E-state index contributed by atoms with van der Waals surface area (Å²) in [4.78, 5) is 13.6. The van der Waals surface area contributed by atoms with Crippen molar-refractivity contribution in [2.75, 3.05) is 6.54 Å². The smallest absolute Gasteiger partial charge is 0.283 e. The summed E-state index contributed by atoms with van der Waals surface area (Å²) in [5.41, 5.74) is 3.02. The molecule has 2 N–H and O–H groups in total. The highest BCUT2D eigenvalue weighted by Crippen LogP contribution is 2.36. The van der Waals surface area contributed by atoms with Gasteiger partial charge in [0.15, 0.2) is 11.8 Å². The second kappa shape index (κ2) is 4.45. The summed E-state index contributed by atoms with van der Waals surface area (Å²) < 4.78 is 32.9. The highest BCUT2D eigenvalue weighted by Gasteiger charge is 2.44. The van der Waals surface area contributed by atoms with Gasteiger partial charge >= 0.3 is 0 Å². The number of nitrogens with zero attached hydrogens (tertiary/aromatic N) is 2. The van der Waals surface area contributed by atoms with Gasteiger partial charge in [-0.15, -0.1) is 0 Å². The predicted molar refractivity (Wildman–Crippen MR) is 62.9 cm³/mol. The number of amidine groups is 1. The molecule has 0 radical (unpaired) electrons. The van der Waals surface area contributed by atoms with Crippen molar-refractivity contribution in [1.82, 2.24) is 0 Å². The van der Waals surface area contributed by atoms with E-state index < -0.39 is 22.5 Å². The van der Waals surface area contributed by atoms with Crippen LogP contribution in [0, 0.1) is 15.9 Å². The molecule has 1 aliphatic heterocycles. The zero-order valence-corrected chi connectivity index (χ0v) is 9.97. The Morgan fingerprint density at radius 2 is 2.32 bits per heavy atom. The zero-order valence-electron chi connectivity index (χ0n) is 9.97. The van der Waals surface area contributed by atoms with Crippen LogP contribution in [0.15, 0.2) is 23.2 Å². The van der Waals surface area contributed by atoms with Gasteiger partial charge in [-0.1, -0.05) is 0 Å². The minimum atomic E-state index is -1.73. The maximum atomic E-state index is 14.0. The second-order valence-electron chi connectivity index (χ2n) is 4.28. The molecular weight excluding hydrogens is 260 g/mol. The average Bonchev–Trinajstić information content (AvgIpc) is 2.34. The maximum Gasteiger partial charge on any atom is 0.283 e. The fourth-order valence-electron chi connectivity index (χ4n) is 1.89. The number of aliphatic imine (C=N–C) groups is 1. The van der Waals surface area contributed by atoms with E-state index in [2.05, 4.69) is 4.99 Å². The van der Waals surface area contributed by atoms with Crippen LogP contribution in [-0.4, -0.2) is 23.7 Å². The van der Waals surface area contributed by atoms with Crippen LogP contribution in [0.2, 0.25) is 0 Å². The lowest BCUT2D eigenvalue weighted by molar-refractivity contribution is -0.385. The first-order chi connectivity index (χ1) is 8.84. The Morgan fingerprint density at radius 1 is 1.63 bits per heavy atom. The van der Waals surface area contributed by atoms with Gasteiger partial charge < -0.3 is 10.5 Å². The minimum absolute atomic E-state index is 0.257. The number of benzene rings is 1. The van der Waals surface area contributed by atoms with Gasteiger partial charge in [-0.05, 0) is 13.0 Å². The molecule has 0 bridgehead atoms. The summed E-state index contributed by atoms with van der Waals surface area (Å²) in [7, 11) is 0. The van der Waals surface area contributed by atoms with Gasteiger partial charge in [-0.25, -0.2) is 13.8 Å². The van der Waals surface area contributed by atoms with E-state index in [-0.39, 0.29) is 23.8 Å². The van der Waals surface area contributed by atoms with Crippen molar-refractivity contribution in [2.24, 2.45) is 10.7 Å². The molecule has 0 unspecified atom stereocenters. The van der Waals surface area contributed by atoms with Gasteiger partial charge in [-0.3, -0.25) is 10.1 Å². The van der Waals surface area contributed by atoms with E-state index in [1.54, 1.807) is 0 Å². The number of halogens is 2. The normalized spacial score (nSPS) is 26.5. The van der Waals surface area contributed by atoms with Crippen LogP contribution in [0.1, 0.15) is 12.5 Å². The monoisotopic (exact) mass is 271 g/mol. The SMILES string of the molecule is C[C@]1(c2cc([N+](=O)[O-])ccc2F)OC(N)=NC[C@H]1F. The highest BCUT2D eigenvalue weighted by molar-refractivity contribution is 5.73. The molecule has 0 spiro atoms. The second-order valence-corrected chi connectivity index (χ2v) is 4.28. The number of hydrogen-bond donors (Lipinski definition) is 1. The van der Waals surface area contributed by atoms with Gasteiger partial charge in [-0.2, -0.15) is 0 Å². The lowest BCUT2D eigenvalue weighted by Gasteiger charge is -2.35.